The smallest absolute Gasteiger partial charge is 0.184 e. The van der Waals surface area contributed by atoms with E-state index in [4.69, 9.17) is 4.43 Å². The van der Waals surface area contributed by atoms with Crippen LogP contribution in [0.15, 0.2) is 11.6 Å². The van der Waals surface area contributed by atoms with Crippen LogP contribution >= 0.6 is 0 Å². The van der Waals surface area contributed by atoms with Crippen LogP contribution in [0.25, 0.3) is 0 Å². The minimum absolute atomic E-state index is 0.110. The van der Waals surface area contributed by atoms with Gasteiger partial charge in [-0.3, -0.25) is 4.79 Å². The Hall–Kier alpha value is -0.463. The van der Waals surface area contributed by atoms with Gasteiger partial charge in [-0.25, -0.2) is 8.42 Å². The lowest BCUT2D eigenvalue weighted by Gasteiger charge is -2.29. The van der Waals surface area contributed by atoms with Gasteiger partial charge in [0.05, 0.1) is 11.4 Å². The second-order valence-electron chi connectivity index (χ2n) is 8.16. The van der Waals surface area contributed by atoms with Crippen molar-refractivity contribution in [3.63, 3.8) is 0 Å². The summed E-state index contributed by atoms with van der Waals surface area (Å²) in [6, 6.07) is 0. The maximum Gasteiger partial charge on any atom is 0.184 e. The van der Waals surface area contributed by atoms with Crippen LogP contribution in [0.2, 0.25) is 19.6 Å². The van der Waals surface area contributed by atoms with Crippen LogP contribution in [-0.2, 0) is 19.1 Å². The second-order valence-corrected chi connectivity index (χ2v) is 15.3. The molecule has 0 aliphatic carbocycles. The molecule has 0 N–H and O–H groups in total. The van der Waals surface area contributed by atoms with E-state index >= 15 is 0 Å². The summed E-state index contributed by atoms with van der Waals surface area (Å²) in [5.41, 5.74) is 0.400. The molecule has 6 heteroatoms. The topological polar surface area (TPSA) is 60.4 Å². The lowest BCUT2D eigenvalue weighted by Crippen LogP contribution is -2.36. The molecule has 4 nitrogen and oxygen atoms in total. The Morgan fingerprint density at radius 1 is 1.22 bits per heavy atom. The van der Waals surface area contributed by atoms with E-state index in [0.717, 1.165) is 5.57 Å². The monoisotopic (exact) mass is 362 g/mol. The highest BCUT2D eigenvalue weighted by Crippen LogP contribution is 2.24. The summed E-state index contributed by atoms with van der Waals surface area (Å²) >= 11 is 0. The fourth-order valence-electron chi connectivity index (χ4n) is 2.04. The van der Waals surface area contributed by atoms with Crippen molar-refractivity contribution >= 4 is 23.9 Å². The predicted octanol–water partition coefficient (Wildman–Crippen LogP) is 3.98. The largest absolute Gasteiger partial charge is 0.411 e. The molecule has 0 bridgehead atoms. The van der Waals surface area contributed by atoms with Crippen LogP contribution in [0.5, 0.6) is 0 Å². The number of hydrogen-bond acceptors (Lipinski definition) is 4. The molecule has 0 amide bonds. The fraction of sp³-hybridized carbons (Fsp3) is 0.824. The van der Waals surface area contributed by atoms with E-state index in [9.17, 15) is 13.2 Å². The van der Waals surface area contributed by atoms with Gasteiger partial charge in [-0.1, -0.05) is 33.8 Å². The lowest BCUT2D eigenvalue weighted by atomic mass is 9.86. The van der Waals surface area contributed by atoms with Gasteiger partial charge in [-0.15, -0.1) is 0 Å². The van der Waals surface area contributed by atoms with Crippen molar-refractivity contribution in [2.24, 2.45) is 5.41 Å². The molecule has 2 atom stereocenters. The zero-order valence-electron chi connectivity index (χ0n) is 16.2. The summed E-state index contributed by atoms with van der Waals surface area (Å²) in [5, 5.41) is -0.565. The number of sulfone groups is 1. The molecule has 136 valence electrons. The molecule has 0 aromatic rings. The Kier molecular flexibility index (Phi) is 7.91. The molecular formula is C17H34O4SSi. The number of carbonyl (C=O) groups is 1. The molecule has 0 rings (SSSR count). The highest BCUT2D eigenvalue weighted by Gasteiger charge is 2.30. The van der Waals surface area contributed by atoms with Gasteiger partial charge in [-0.2, -0.15) is 0 Å². The molecule has 0 heterocycles. The first-order valence-corrected chi connectivity index (χ1v) is 13.3. The van der Waals surface area contributed by atoms with Crippen molar-refractivity contribution in [2.75, 3.05) is 5.75 Å². The average Bonchev–Trinajstić information content (AvgIpc) is 2.34. The standard InChI is InChI=1S/C17H34O4SSi/c1-10-22(19,20)14(3)11-13(2)15(21-23(7,8)9)12-16(18)17(4,5)6/h11,14-15H,10,12H2,1-9H3/b13-11-/t14-,15+/m1/s1. The van der Waals surface area contributed by atoms with E-state index in [1.54, 1.807) is 19.9 Å². The second kappa shape index (κ2) is 8.08. The van der Waals surface area contributed by atoms with Gasteiger partial charge in [-0.05, 0) is 39.1 Å². The Balaban J connectivity index is 5.47. The number of carbonyl (C=O) groups excluding carboxylic acids is 1. The highest BCUT2D eigenvalue weighted by atomic mass is 32.2. The third-order valence-electron chi connectivity index (χ3n) is 3.68. The molecule has 0 unspecified atom stereocenters. The predicted molar refractivity (Wildman–Crippen MR) is 100.0 cm³/mol. The quantitative estimate of drug-likeness (QED) is 0.484. The first-order valence-electron chi connectivity index (χ1n) is 8.21. The van der Waals surface area contributed by atoms with E-state index in [1.165, 1.54) is 0 Å². The fourth-order valence-corrected chi connectivity index (χ4v) is 4.11. The highest BCUT2D eigenvalue weighted by molar-refractivity contribution is 7.92. The molecule has 0 spiro atoms. The summed E-state index contributed by atoms with van der Waals surface area (Å²) in [6.07, 6.45) is 1.68. The maximum atomic E-state index is 12.4. The Morgan fingerprint density at radius 3 is 2.04 bits per heavy atom. The summed E-state index contributed by atoms with van der Waals surface area (Å²) in [6.45, 7) is 17.1. The number of Topliss-reactive ketones (excluding diaryl/α,β-unsaturated/α-hetero) is 1. The van der Waals surface area contributed by atoms with Gasteiger partial charge in [0.1, 0.15) is 5.78 Å². The van der Waals surface area contributed by atoms with Gasteiger partial charge in [0.15, 0.2) is 18.2 Å². The maximum absolute atomic E-state index is 12.4. The Bertz CT molecular complexity index is 536. The summed E-state index contributed by atoms with van der Waals surface area (Å²) in [7, 11) is -4.99. The minimum Gasteiger partial charge on any atom is -0.411 e. The van der Waals surface area contributed by atoms with E-state index in [0.29, 0.717) is 0 Å². The average molecular weight is 363 g/mol. The molecule has 0 saturated carbocycles. The van der Waals surface area contributed by atoms with Gasteiger partial charge < -0.3 is 4.43 Å². The van der Waals surface area contributed by atoms with Crippen LogP contribution < -0.4 is 0 Å². The summed E-state index contributed by atoms with van der Waals surface area (Å²) in [5.74, 6) is 0.234. The minimum atomic E-state index is -3.13. The Labute approximate surface area is 143 Å². The van der Waals surface area contributed by atoms with E-state index in [2.05, 4.69) is 19.6 Å². The van der Waals surface area contributed by atoms with Crippen LogP contribution in [0, 0.1) is 5.41 Å². The number of ketones is 1. The molecular weight excluding hydrogens is 328 g/mol. The zero-order chi connectivity index (χ0) is 18.6. The Morgan fingerprint density at radius 2 is 1.70 bits per heavy atom. The normalized spacial score (nSPS) is 17.0. The third-order valence-corrected chi connectivity index (χ3v) is 6.74. The van der Waals surface area contributed by atoms with E-state index < -0.39 is 28.8 Å². The lowest BCUT2D eigenvalue weighted by molar-refractivity contribution is -0.127. The molecule has 0 radical (unpaired) electrons. The molecule has 0 aliphatic heterocycles. The number of rotatable bonds is 8. The number of hydrogen-bond donors (Lipinski definition) is 0. The van der Waals surface area contributed by atoms with Crippen LogP contribution in [-0.4, -0.2) is 39.6 Å². The summed E-state index contributed by atoms with van der Waals surface area (Å²) < 4.78 is 30.1. The molecule has 23 heavy (non-hydrogen) atoms. The molecule has 0 fully saturated rings. The SMILES string of the molecule is CCS(=O)(=O)[C@H](C)/C=C(/C)[C@H](CC(=O)C(C)(C)C)O[Si](C)(C)C. The third kappa shape index (κ3) is 8.27. The van der Waals surface area contributed by atoms with Crippen LogP contribution in [0.4, 0.5) is 0 Å². The van der Waals surface area contributed by atoms with Gasteiger partial charge >= 0.3 is 0 Å². The zero-order valence-corrected chi connectivity index (χ0v) is 18.0. The van der Waals surface area contributed by atoms with Crippen molar-refractivity contribution < 1.29 is 17.6 Å². The van der Waals surface area contributed by atoms with Gasteiger partial charge in [0, 0.05) is 17.6 Å². The first kappa shape index (κ1) is 22.5. The van der Waals surface area contributed by atoms with Crippen molar-refractivity contribution in [1.29, 1.82) is 0 Å². The van der Waals surface area contributed by atoms with Gasteiger partial charge in [0.2, 0.25) is 0 Å². The van der Waals surface area contributed by atoms with E-state index in [-0.39, 0.29) is 24.1 Å². The molecule has 0 saturated heterocycles. The van der Waals surface area contributed by atoms with Crippen LogP contribution in [0.1, 0.15) is 48.0 Å². The first-order chi connectivity index (χ1) is 10.1. The van der Waals surface area contributed by atoms with Gasteiger partial charge in [0.25, 0.3) is 0 Å². The molecule has 0 aromatic carbocycles. The van der Waals surface area contributed by atoms with Crippen molar-refractivity contribution in [1.82, 2.24) is 0 Å². The summed E-state index contributed by atoms with van der Waals surface area (Å²) in [4.78, 5) is 12.4. The van der Waals surface area contributed by atoms with Crippen LogP contribution in [0.3, 0.4) is 0 Å². The van der Waals surface area contributed by atoms with E-state index in [1.807, 2.05) is 27.7 Å². The van der Waals surface area contributed by atoms with Crippen molar-refractivity contribution in [2.45, 2.75) is 79.0 Å². The molecule has 0 aromatic heterocycles. The molecule has 0 aliphatic rings. The van der Waals surface area contributed by atoms with Crippen molar-refractivity contribution in [3.8, 4) is 0 Å². The van der Waals surface area contributed by atoms with Crippen molar-refractivity contribution in [3.05, 3.63) is 11.6 Å².